The number of anilines is 2. The summed E-state index contributed by atoms with van der Waals surface area (Å²) in [6.45, 7) is -0.626. The number of ether oxygens (including phenoxy) is 3. The Morgan fingerprint density at radius 1 is 0.970 bits per heavy atom. The zero-order valence-electron chi connectivity index (χ0n) is 17.7. The Hall–Kier alpha value is -4.78. The molecule has 10 nitrogen and oxygen atoms in total. The van der Waals surface area contributed by atoms with Gasteiger partial charge in [0.2, 0.25) is 0 Å². The van der Waals surface area contributed by atoms with Gasteiger partial charge in [0.25, 0.3) is 11.8 Å². The summed E-state index contributed by atoms with van der Waals surface area (Å²) in [6, 6.07) is 14.1. The molecule has 0 unspecified atom stereocenters. The molecule has 0 saturated carbocycles. The maximum atomic E-state index is 12.8. The molecule has 3 aromatic rings. The molecule has 10 heteroatoms. The van der Waals surface area contributed by atoms with Gasteiger partial charge >= 0.3 is 5.97 Å². The lowest BCUT2D eigenvalue weighted by Crippen LogP contribution is -2.22. The van der Waals surface area contributed by atoms with Crippen LogP contribution in [0.25, 0.3) is 0 Å². The summed E-state index contributed by atoms with van der Waals surface area (Å²) in [6.07, 6.45) is 1.34. The zero-order chi connectivity index (χ0) is 23.8. The maximum absolute atomic E-state index is 12.8. The number of hydrogen-bond donors (Lipinski definition) is 2. The first kappa shape index (κ1) is 22.9. The third kappa shape index (κ3) is 5.48. The van der Waals surface area contributed by atoms with E-state index in [1.165, 1.54) is 38.7 Å². The summed E-state index contributed by atoms with van der Waals surface area (Å²) < 4.78 is 20.6. The van der Waals surface area contributed by atoms with E-state index in [2.05, 4.69) is 10.6 Å². The molecular formula is C23H19N3O7. The first-order valence-corrected chi connectivity index (χ1v) is 9.53. The van der Waals surface area contributed by atoms with E-state index in [9.17, 15) is 14.4 Å². The van der Waals surface area contributed by atoms with Crippen LogP contribution in [0.1, 0.15) is 26.5 Å². The van der Waals surface area contributed by atoms with E-state index < -0.39 is 24.4 Å². The van der Waals surface area contributed by atoms with Crippen molar-refractivity contribution in [3.05, 3.63) is 71.7 Å². The SMILES string of the molecule is COc1cc(NC(=O)c2ccco2)c(C(=O)OCC(=O)Nc2ccccc2C#N)cc1OC. The van der Waals surface area contributed by atoms with E-state index >= 15 is 0 Å². The van der Waals surface area contributed by atoms with Crippen LogP contribution >= 0.6 is 0 Å². The summed E-state index contributed by atoms with van der Waals surface area (Å²) in [5.74, 6) is -1.64. The van der Waals surface area contributed by atoms with Crippen molar-refractivity contribution in [1.29, 1.82) is 5.26 Å². The Kier molecular flexibility index (Phi) is 7.28. The van der Waals surface area contributed by atoms with Crippen LogP contribution in [0.5, 0.6) is 11.5 Å². The molecule has 2 aromatic carbocycles. The number of esters is 1. The predicted molar refractivity (Wildman–Crippen MR) is 116 cm³/mol. The molecule has 33 heavy (non-hydrogen) atoms. The molecule has 0 aliphatic heterocycles. The second-order valence-corrected chi connectivity index (χ2v) is 6.47. The molecule has 0 fully saturated rings. The van der Waals surface area contributed by atoms with Gasteiger partial charge < -0.3 is 29.3 Å². The fourth-order valence-electron chi connectivity index (χ4n) is 2.83. The molecule has 1 heterocycles. The molecule has 1 aromatic heterocycles. The number of nitriles is 1. The minimum Gasteiger partial charge on any atom is -0.493 e. The van der Waals surface area contributed by atoms with Crippen molar-refractivity contribution in [2.24, 2.45) is 0 Å². The minimum atomic E-state index is -0.894. The van der Waals surface area contributed by atoms with Crippen molar-refractivity contribution in [2.45, 2.75) is 0 Å². The summed E-state index contributed by atoms with van der Waals surface area (Å²) in [7, 11) is 2.78. The molecule has 0 spiro atoms. The average molecular weight is 449 g/mol. The van der Waals surface area contributed by atoms with Crippen molar-refractivity contribution in [2.75, 3.05) is 31.5 Å². The van der Waals surface area contributed by atoms with Crippen molar-refractivity contribution >= 4 is 29.2 Å². The minimum absolute atomic E-state index is 0.0274. The van der Waals surface area contributed by atoms with Gasteiger partial charge in [-0.15, -0.1) is 0 Å². The van der Waals surface area contributed by atoms with E-state index in [0.29, 0.717) is 5.69 Å². The summed E-state index contributed by atoms with van der Waals surface area (Å²) in [4.78, 5) is 37.4. The van der Waals surface area contributed by atoms with Crippen LogP contribution in [0.3, 0.4) is 0 Å². The third-order valence-corrected chi connectivity index (χ3v) is 4.39. The first-order valence-electron chi connectivity index (χ1n) is 9.53. The normalized spacial score (nSPS) is 9.97. The van der Waals surface area contributed by atoms with Crippen molar-refractivity contribution in [3.8, 4) is 17.6 Å². The van der Waals surface area contributed by atoms with Gasteiger partial charge in [-0.1, -0.05) is 12.1 Å². The number of nitrogens with one attached hydrogen (secondary N) is 2. The predicted octanol–water partition coefficient (Wildman–Crippen LogP) is 3.22. The smallest absolute Gasteiger partial charge is 0.340 e. The molecule has 2 amide bonds. The number of methoxy groups -OCH3 is 2. The van der Waals surface area contributed by atoms with Gasteiger partial charge in [0.05, 0.1) is 43.0 Å². The largest absolute Gasteiger partial charge is 0.493 e. The Balaban J connectivity index is 1.78. The molecule has 0 aliphatic carbocycles. The Morgan fingerprint density at radius 2 is 1.70 bits per heavy atom. The number of hydrogen-bond acceptors (Lipinski definition) is 8. The van der Waals surface area contributed by atoms with Crippen molar-refractivity contribution in [1.82, 2.24) is 0 Å². The highest BCUT2D eigenvalue weighted by Gasteiger charge is 2.22. The van der Waals surface area contributed by atoms with Gasteiger partial charge in [-0.2, -0.15) is 5.26 Å². The van der Waals surface area contributed by atoms with Gasteiger partial charge in [0.15, 0.2) is 23.9 Å². The lowest BCUT2D eigenvalue weighted by atomic mass is 10.1. The number of carbonyl (C=O) groups is 3. The fourth-order valence-corrected chi connectivity index (χ4v) is 2.83. The van der Waals surface area contributed by atoms with Crippen molar-refractivity contribution < 1.29 is 33.0 Å². The second kappa shape index (κ2) is 10.5. The Bertz CT molecular complexity index is 1210. The highest BCUT2D eigenvalue weighted by atomic mass is 16.5. The number of benzene rings is 2. The molecule has 2 N–H and O–H groups in total. The van der Waals surface area contributed by atoms with E-state index in [4.69, 9.17) is 23.9 Å². The topological polar surface area (TPSA) is 140 Å². The number of carbonyl (C=O) groups excluding carboxylic acids is 3. The van der Waals surface area contributed by atoms with E-state index in [-0.39, 0.29) is 34.1 Å². The lowest BCUT2D eigenvalue weighted by Gasteiger charge is -2.15. The standard InChI is InChI=1S/C23H19N3O7/c1-30-19-10-15(17(11-20(19)31-2)26-22(28)18-8-5-9-32-18)23(29)33-13-21(27)25-16-7-4-3-6-14(16)12-24/h3-11H,13H2,1-2H3,(H,25,27)(H,26,28). The summed E-state index contributed by atoms with van der Waals surface area (Å²) in [5.41, 5.74) is 0.547. The second-order valence-electron chi connectivity index (χ2n) is 6.47. The van der Waals surface area contributed by atoms with Crippen LogP contribution in [0, 0.1) is 11.3 Å². The highest BCUT2D eigenvalue weighted by molar-refractivity contribution is 6.07. The first-order chi connectivity index (χ1) is 16.0. The molecule has 0 bridgehead atoms. The molecule has 0 saturated heterocycles. The van der Waals surface area contributed by atoms with Gasteiger partial charge in [-0.25, -0.2) is 4.79 Å². The van der Waals surface area contributed by atoms with Gasteiger partial charge in [-0.05, 0) is 24.3 Å². The fraction of sp³-hybridized carbons (Fsp3) is 0.130. The third-order valence-electron chi connectivity index (χ3n) is 4.39. The maximum Gasteiger partial charge on any atom is 0.340 e. The zero-order valence-corrected chi connectivity index (χ0v) is 17.7. The number of nitrogens with zero attached hydrogens (tertiary/aromatic N) is 1. The van der Waals surface area contributed by atoms with Crippen LogP contribution < -0.4 is 20.1 Å². The number of rotatable bonds is 8. The van der Waals surface area contributed by atoms with Crippen LogP contribution in [0.4, 0.5) is 11.4 Å². The molecule has 0 radical (unpaired) electrons. The van der Waals surface area contributed by atoms with E-state index in [0.717, 1.165) is 0 Å². The molecular weight excluding hydrogens is 430 g/mol. The van der Waals surface area contributed by atoms with Crippen molar-refractivity contribution in [3.63, 3.8) is 0 Å². The Labute approximate surface area is 188 Å². The van der Waals surface area contributed by atoms with E-state index in [1.807, 2.05) is 6.07 Å². The number of amides is 2. The Morgan fingerprint density at radius 3 is 2.36 bits per heavy atom. The van der Waals surface area contributed by atoms with Crippen LogP contribution in [0.2, 0.25) is 0 Å². The van der Waals surface area contributed by atoms with Gasteiger partial charge in [0.1, 0.15) is 6.07 Å². The van der Waals surface area contributed by atoms with Gasteiger partial charge in [0, 0.05) is 12.1 Å². The average Bonchev–Trinajstić information content (AvgIpc) is 3.38. The molecule has 3 rings (SSSR count). The quantitative estimate of drug-likeness (QED) is 0.500. The van der Waals surface area contributed by atoms with E-state index in [1.54, 1.807) is 30.3 Å². The number of para-hydroxylation sites is 1. The summed E-state index contributed by atoms with van der Waals surface area (Å²) in [5, 5.41) is 14.2. The monoisotopic (exact) mass is 449 g/mol. The van der Waals surface area contributed by atoms with Crippen LogP contribution in [-0.2, 0) is 9.53 Å². The van der Waals surface area contributed by atoms with Crippen LogP contribution in [-0.4, -0.2) is 38.6 Å². The molecule has 168 valence electrons. The number of furan rings is 1. The lowest BCUT2D eigenvalue weighted by molar-refractivity contribution is -0.119. The molecule has 0 atom stereocenters. The summed E-state index contributed by atoms with van der Waals surface area (Å²) >= 11 is 0. The highest BCUT2D eigenvalue weighted by Crippen LogP contribution is 2.34. The van der Waals surface area contributed by atoms with Gasteiger partial charge in [-0.3, -0.25) is 9.59 Å². The van der Waals surface area contributed by atoms with Crippen LogP contribution in [0.15, 0.2) is 59.2 Å². The molecule has 0 aliphatic rings.